The Hall–Kier alpha value is -2.16. The van der Waals surface area contributed by atoms with Gasteiger partial charge in [0.2, 0.25) is 10.0 Å². The lowest BCUT2D eigenvalue weighted by atomic mass is 10.1. The number of nitrogens with zero attached hydrogens (tertiary/aromatic N) is 1. The summed E-state index contributed by atoms with van der Waals surface area (Å²) in [6, 6.07) is 10.7. The van der Waals surface area contributed by atoms with Crippen molar-refractivity contribution in [3.63, 3.8) is 0 Å². The second kappa shape index (κ2) is 8.06. The van der Waals surface area contributed by atoms with Gasteiger partial charge < -0.3 is 9.47 Å². The zero-order chi connectivity index (χ0) is 19.6. The van der Waals surface area contributed by atoms with Crippen molar-refractivity contribution >= 4 is 10.0 Å². The smallest absolute Gasteiger partial charge is 0.240 e. The molecule has 150 valence electrons. The van der Waals surface area contributed by atoms with E-state index in [1.807, 2.05) is 0 Å². The first-order valence-corrected chi connectivity index (χ1v) is 10.9. The van der Waals surface area contributed by atoms with Crippen LogP contribution in [0.4, 0.5) is 4.39 Å². The Bertz CT molecular complexity index is 928. The molecule has 0 aromatic heterocycles. The molecule has 1 N–H and O–H groups in total. The van der Waals surface area contributed by atoms with Crippen molar-refractivity contribution in [2.45, 2.75) is 23.8 Å². The highest BCUT2D eigenvalue weighted by Crippen LogP contribution is 2.32. The number of likely N-dealkylation sites (tertiary alicyclic amines) is 1. The molecule has 8 heteroatoms. The fourth-order valence-electron chi connectivity index (χ4n) is 3.66. The van der Waals surface area contributed by atoms with Crippen LogP contribution in [0.25, 0.3) is 0 Å². The summed E-state index contributed by atoms with van der Waals surface area (Å²) < 4.78 is 52.6. The average molecular weight is 406 g/mol. The van der Waals surface area contributed by atoms with E-state index in [9.17, 15) is 12.8 Å². The molecule has 4 rings (SSSR count). The first kappa shape index (κ1) is 19.2. The van der Waals surface area contributed by atoms with Crippen molar-refractivity contribution < 1.29 is 22.3 Å². The van der Waals surface area contributed by atoms with Crippen LogP contribution in [0.5, 0.6) is 11.5 Å². The second-order valence-electron chi connectivity index (χ2n) is 6.97. The molecule has 1 saturated heterocycles. The van der Waals surface area contributed by atoms with Crippen molar-refractivity contribution in [2.24, 2.45) is 0 Å². The fraction of sp³-hybridized carbons (Fsp3) is 0.400. The number of rotatable bonds is 6. The van der Waals surface area contributed by atoms with E-state index in [2.05, 4.69) is 9.62 Å². The summed E-state index contributed by atoms with van der Waals surface area (Å²) in [6.45, 7) is 2.85. The molecule has 1 unspecified atom stereocenters. The van der Waals surface area contributed by atoms with Crippen LogP contribution >= 0.6 is 0 Å². The maximum absolute atomic E-state index is 13.3. The third kappa shape index (κ3) is 4.14. The van der Waals surface area contributed by atoms with Crippen molar-refractivity contribution in [3.8, 4) is 11.5 Å². The van der Waals surface area contributed by atoms with E-state index in [1.54, 1.807) is 18.2 Å². The normalized spacial score (nSPS) is 18.2. The van der Waals surface area contributed by atoms with Gasteiger partial charge in [-0.1, -0.05) is 12.1 Å². The minimum absolute atomic E-state index is 0.135. The van der Waals surface area contributed by atoms with Gasteiger partial charge in [-0.2, -0.15) is 0 Å². The van der Waals surface area contributed by atoms with E-state index in [4.69, 9.17) is 9.47 Å². The predicted molar refractivity (Wildman–Crippen MR) is 103 cm³/mol. The molecule has 2 heterocycles. The number of nitrogens with one attached hydrogen (secondary N) is 1. The number of hydrogen-bond acceptors (Lipinski definition) is 5. The van der Waals surface area contributed by atoms with Gasteiger partial charge in [0.05, 0.1) is 4.90 Å². The van der Waals surface area contributed by atoms with Crippen molar-refractivity contribution in [1.82, 2.24) is 9.62 Å². The molecular formula is C20H23FN2O4S. The molecule has 1 atom stereocenters. The molecule has 0 radical (unpaired) electrons. The summed E-state index contributed by atoms with van der Waals surface area (Å²) in [5, 5.41) is 0. The molecule has 2 aliphatic heterocycles. The quantitative estimate of drug-likeness (QED) is 0.799. The first-order chi connectivity index (χ1) is 13.5. The third-order valence-electron chi connectivity index (χ3n) is 5.13. The SMILES string of the molecule is O=S(=O)(NCC(c1ccc(F)cc1)N1CCCC1)c1ccc2c(c1)OCCO2. The highest BCUT2D eigenvalue weighted by molar-refractivity contribution is 7.89. The summed E-state index contributed by atoms with van der Waals surface area (Å²) in [5.74, 6) is 0.677. The summed E-state index contributed by atoms with van der Waals surface area (Å²) in [4.78, 5) is 2.37. The Morgan fingerprint density at radius 3 is 2.39 bits per heavy atom. The second-order valence-corrected chi connectivity index (χ2v) is 8.73. The molecular weight excluding hydrogens is 383 g/mol. The zero-order valence-electron chi connectivity index (χ0n) is 15.4. The van der Waals surface area contributed by atoms with Gasteiger partial charge in [-0.15, -0.1) is 0 Å². The monoisotopic (exact) mass is 406 g/mol. The highest BCUT2D eigenvalue weighted by atomic mass is 32.2. The topological polar surface area (TPSA) is 67.9 Å². The molecule has 1 fully saturated rings. The maximum Gasteiger partial charge on any atom is 0.240 e. The van der Waals surface area contributed by atoms with Gasteiger partial charge in [0.25, 0.3) is 0 Å². The standard InChI is InChI=1S/C20H23FN2O4S/c21-16-5-3-15(4-6-16)18(23-9-1-2-10-23)14-22-28(24,25)17-7-8-19-20(13-17)27-12-11-26-19/h3-8,13,18,22H,1-2,9-12,14H2. The molecule has 0 saturated carbocycles. The number of hydrogen-bond donors (Lipinski definition) is 1. The first-order valence-electron chi connectivity index (χ1n) is 9.42. The number of halogens is 1. The molecule has 6 nitrogen and oxygen atoms in total. The largest absolute Gasteiger partial charge is 0.486 e. The van der Waals surface area contributed by atoms with Gasteiger partial charge in [-0.05, 0) is 55.8 Å². The van der Waals surface area contributed by atoms with Gasteiger partial charge in [-0.25, -0.2) is 17.5 Å². The molecule has 0 spiro atoms. The summed E-state index contributed by atoms with van der Waals surface area (Å²) in [7, 11) is -3.72. The molecule has 0 aliphatic carbocycles. The van der Waals surface area contributed by atoms with Crippen LogP contribution in [0.15, 0.2) is 47.4 Å². The van der Waals surface area contributed by atoms with E-state index in [1.165, 1.54) is 24.3 Å². The fourth-order valence-corrected chi connectivity index (χ4v) is 4.71. The van der Waals surface area contributed by atoms with Crippen LogP contribution in [0.1, 0.15) is 24.4 Å². The maximum atomic E-state index is 13.3. The van der Waals surface area contributed by atoms with Crippen molar-refractivity contribution in [2.75, 3.05) is 32.8 Å². The summed E-state index contributed by atoms with van der Waals surface area (Å²) in [5.41, 5.74) is 0.896. The number of benzene rings is 2. The minimum Gasteiger partial charge on any atom is -0.486 e. The molecule has 2 aromatic carbocycles. The van der Waals surface area contributed by atoms with E-state index in [0.717, 1.165) is 31.5 Å². The van der Waals surface area contributed by atoms with Crippen molar-refractivity contribution in [1.29, 1.82) is 0 Å². The Morgan fingerprint density at radius 1 is 1.00 bits per heavy atom. The highest BCUT2D eigenvalue weighted by Gasteiger charge is 2.26. The van der Waals surface area contributed by atoms with Crippen LogP contribution in [-0.2, 0) is 10.0 Å². The number of fused-ring (bicyclic) bond motifs is 1. The van der Waals surface area contributed by atoms with Crippen LogP contribution in [-0.4, -0.2) is 46.2 Å². The van der Waals surface area contributed by atoms with Crippen LogP contribution in [0.2, 0.25) is 0 Å². The molecule has 0 bridgehead atoms. The van der Waals surface area contributed by atoms with Gasteiger partial charge in [0.15, 0.2) is 11.5 Å². The van der Waals surface area contributed by atoms with Gasteiger partial charge >= 0.3 is 0 Å². The molecule has 2 aromatic rings. The van der Waals surface area contributed by atoms with E-state index < -0.39 is 10.0 Å². The minimum atomic E-state index is -3.72. The van der Waals surface area contributed by atoms with Gasteiger partial charge in [0.1, 0.15) is 19.0 Å². The van der Waals surface area contributed by atoms with Gasteiger partial charge in [-0.3, -0.25) is 4.90 Å². The predicted octanol–water partition coefficient (Wildman–Crippen LogP) is 2.71. The van der Waals surface area contributed by atoms with Gasteiger partial charge in [0, 0.05) is 18.7 Å². The lowest BCUT2D eigenvalue weighted by Crippen LogP contribution is -2.36. The van der Waals surface area contributed by atoms with Crippen LogP contribution < -0.4 is 14.2 Å². The lowest BCUT2D eigenvalue weighted by molar-refractivity contribution is 0.171. The number of sulfonamides is 1. The summed E-state index contributed by atoms with van der Waals surface area (Å²) in [6.07, 6.45) is 2.15. The Kier molecular flexibility index (Phi) is 5.52. The van der Waals surface area contributed by atoms with Crippen LogP contribution in [0.3, 0.4) is 0 Å². The number of ether oxygens (including phenoxy) is 2. The Morgan fingerprint density at radius 2 is 1.68 bits per heavy atom. The lowest BCUT2D eigenvalue weighted by Gasteiger charge is -2.28. The molecule has 2 aliphatic rings. The van der Waals surface area contributed by atoms with E-state index in [0.29, 0.717) is 24.7 Å². The third-order valence-corrected chi connectivity index (χ3v) is 6.55. The summed E-state index contributed by atoms with van der Waals surface area (Å²) >= 11 is 0. The Labute approximate surface area is 164 Å². The van der Waals surface area contributed by atoms with Crippen LogP contribution in [0, 0.1) is 5.82 Å². The zero-order valence-corrected chi connectivity index (χ0v) is 16.3. The van der Waals surface area contributed by atoms with E-state index in [-0.39, 0.29) is 23.3 Å². The molecule has 0 amide bonds. The van der Waals surface area contributed by atoms with E-state index >= 15 is 0 Å². The molecule has 28 heavy (non-hydrogen) atoms. The average Bonchev–Trinajstić information content (AvgIpc) is 3.23. The van der Waals surface area contributed by atoms with Crippen molar-refractivity contribution in [3.05, 3.63) is 53.8 Å². The Balaban J connectivity index is 1.53.